The van der Waals surface area contributed by atoms with Crippen LogP contribution >= 0.6 is 0 Å². The predicted molar refractivity (Wildman–Crippen MR) is 82.7 cm³/mol. The molecule has 2 aromatic carbocycles. The molecule has 5 heteroatoms. The van der Waals surface area contributed by atoms with E-state index in [-0.39, 0.29) is 12.3 Å². The van der Waals surface area contributed by atoms with Crippen LogP contribution in [0.4, 0.5) is 8.78 Å². The monoisotopic (exact) mass is 315 g/mol. The van der Waals surface area contributed by atoms with Crippen LogP contribution in [0.3, 0.4) is 0 Å². The Bertz CT molecular complexity index is 809. The van der Waals surface area contributed by atoms with Gasteiger partial charge in [0.1, 0.15) is 11.3 Å². The first-order chi connectivity index (χ1) is 11.1. The molecular formula is C18H15F2NO2. The molecule has 0 atom stereocenters. The smallest absolute Gasteiger partial charge is 0.220 e. The van der Waals surface area contributed by atoms with Crippen molar-refractivity contribution in [2.45, 2.75) is 19.4 Å². The van der Waals surface area contributed by atoms with Crippen LogP contribution in [0, 0.1) is 11.6 Å². The molecule has 0 aliphatic heterocycles. The van der Waals surface area contributed by atoms with Crippen LogP contribution in [0.5, 0.6) is 0 Å². The number of furan rings is 1. The van der Waals surface area contributed by atoms with Crippen molar-refractivity contribution in [1.29, 1.82) is 0 Å². The lowest BCUT2D eigenvalue weighted by molar-refractivity contribution is -0.121. The first-order valence-corrected chi connectivity index (χ1v) is 7.30. The molecule has 0 fully saturated rings. The van der Waals surface area contributed by atoms with Gasteiger partial charge in [-0.25, -0.2) is 8.78 Å². The molecule has 0 aliphatic rings. The van der Waals surface area contributed by atoms with Gasteiger partial charge in [0.15, 0.2) is 11.6 Å². The molecule has 1 heterocycles. The van der Waals surface area contributed by atoms with Gasteiger partial charge >= 0.3 is 0 Å². The number of nitrogens with one attached hydrogen (secondary N) is 1. The molecule has 1 aromatic heterocycles. The van der Waals surface area contributed by atoms with Crippen LogP contribution in [0.15, 0.2) is 52.9 Å². The van der Waals surface area contributed by atoms with E-state index in [4.69, 9.17) is 4.42 Å². The second-order valence-corrected chi connectivity index (χ2v) is 5.28. The van der Waals surface area contributed by atoms with Crippen molar-refractivity contribution in [2.75, 3.05) is 0 Å². The normalized spacial score (nSPS) is 10.9. The number of carbonyl (C=O) groups is 1. The third kappa shape index (κ3) is 3.74. The summed E-state index contributed by atoms with van der Waals surface area (Å²) in [6, 6.07) is 13.1. The van der Waals surface area contributed by atoms with E-state index < -0.39 is 11.6 Å². The SMILES string of the molecule is O=C(CCc1ccc(F)c(F)c1)NCc1cc2ccccc2o1. The summed E-state index contributed by atoms with van der Waals surface area (Å²) in [4.78, 5) is 11.8. The fourth-order valence-corrected chi connectivity index (χ4v) is 2.35. The Labute approximate surface area is 131 Å². The minimum absolute atomic E-state index is 0.171. The Hall–Kier alpha value is -2.69. The van der Waals surface area contributed by atoms with Gasteiger partial charge < -0.3 is 9.73 Å². The van der Waals surface area contributed by atoms with Crippen LogP contribution < -0.4 is 5.32 Å². The van der Waals surface area contributed by atoms with Gasteiger partial charge in [0.25, 0.3) is 0 Å². The first-order valence-electron chi connectivity index (χ1n) is 7.30. The van der Waals surface area contributed by atoms with Crippen molar-refractivity contribution in [3.63, 3.8) is 0 Å². The van der Waals surface area contributed by atoms with E-state index >= 15 is 0 Å². The highest BCUT2D eigenvalue weighted by Crippen LogP contribution is 2.18. The number of hydrogen-bond acceptors (Lipinski definition) is 2. The summed E-state index contributed by atoms with van der Waals surface area (Å²) in [6.45, 7) is 0.297. The third-order valence-corrected chi connectivity index (χ3v) is 3.56. The molecule has 23 heavy (non-hydrogen) atoms. The molecule has 3 rings (SSSR count). The average Bonchev–Trinajstić information content (AvgIpc) is 2.97. The van der Waals surface area contributed by atoms with E-state index in [2.05, 4.69) is 5.32 Å². The minimum atomic E-state index is -0.898. The van der Waals surface area contributed by atoms with Gasteiger partial charge in [-0.15, -0.1) is 0 Å². The number of benzene rings is 2. The second kappa shape index (κ2) is 6.60. The maximum Gasteiger partial charge on any atom is 0.220 e. The van der Waals surface area contributed by atoms with Gasteiger partial charge in [0.05, 0.1) is 6.54 Å². The fourth-order valence-electron chi connectivity index (χ4n) is 2.35. The van der Waals surface area contributed by atoms with Crippen molar-refractivity contribution in [1.82, 2.24) is 5.32 Å². The number of rotatable bonds is 5. The molecule has 1 amide bonds. The number of hydrogen-bond donors (Lipinski definition) is 1. The Morgan fingerprint density at radius 2 is 1.87 bits per heavy atom. The van der Waals surface area contributed by atoms with Gasteiger partial charge in [-0.1, -0.05) is 24.3 Å². The zero-order valence-corrected chi connectivity index (χ0v) is 12.3. The van der Waals surface area contributed by atoms with Gasteiger partial charge in [0.2, 0.25) is 5.91 Å². The second-order valence-electron chi connectivity index (χ2n) is 5.28. The van der Waals surface area contributed by atoms with Gasteiger partial charge in [-0.05, 0) is 36.2 Å². The number of halogens is 2. The Kier molecular flexibility index (Phi) is 4.37. The molecule has 0 bridgehead atoms. The summed E-state index contributed by atoms with van der Waals surface area (Å²) in [5, 5.41) is 3.74. The molecule has 3 nitrogen and oxygen atoms in total. The molecule has 0 spiro atoms. The van der Waals surface area contributed by atoms with Crippen molar-refractivity contribution in [3.8, 4) is 0 Å². The Morgan fingerprint density at radius 1 is 1.04 bits per heavy atom. The van der Waals surface area contributed by atoms with Crippen molar-refractivity contribution >= 4 is 16.9 Å². The van der Waals surface area contributed by atoms with Crippen LogP contribution in [-0.4, -0.2) is 5.91 Å². The van der Waals surface area contributed by atoms with Gasteiger partial charge in [0, 0.05) is 11.8 Å². The van der Waals surface area contributed by atoms with Crippen LogP contribution in [0.2, 0.25) is 0 Å². The zero-order valence-electron chi connectivity index (χ0n) is 12.3. The van der Waals surface area contributed by atoms with Crippen LogP contribution in [0.1, 0.15) is 17.7 Å². The minimum Gasteiger partial charge on any atom is -0.459 e. The molecule has 0 aliphatic carbocycles. The molecule has 0 radical (unpaired) electrons. The van der Waals surface area contributed by atoms with E-state index in [9.17, 15) is 13.6 Å². The number of amides is 1. The number of carbonyl (C=O) groups excluding carboxylic acids is 1. The van der Waals surface area contributed by atoms with Gasteiger partial charge in [-0.3, -0.25) is 4.79 Å². The summed E-state index contributed by atoms with van der Waals surface area (Å²) in [6.07, 6.45) is 0.550. The average molecular weight is 315 g/mol. The topological polar surface area (TPSA) is 42.2 Å². The van der Waals surface area contributed by atoms with Crippen LogP contribution in [-0.2, 0) is 17.8 Å². The Morgan fingerprint density at radius 3 is 2.65 bits per heavy atom. The summed E-state index contributed by atoms with van der Waals surface area (Å²) in [5.41, 5.74) is 1.36. The molecule has 0 unspecified atom stereocenters. The van der Waals surface area contributed by atoms with Crippen molar-refractivity contribution < 1.29 is 18.0 Å². The quantitative estimate of drug-likeness (QED) is 0.774. The van der Waals surface area contributed by atoms with Crippen molar-refractivity contribution in [3.05, 3.63) is 71.5 Å². The maximum atomic E-state index is 13.1. The molecule has 3 aromatic rings. The fraction of sp³-hybridized carbons (Fsp3) is 0.167. The van der Waals surface area contributed by atoms with Crippen LogP contribution in [0.25, 0.3) is 11.0 Å². The first kappa shape index (κ1) is 15.2. The summed E-state index contributed by atoms with van der Waals surface area (Å²) < 4.78 is 31.5. The number of aryl methyl sites for hydroxylation is 1. The predicted octanol–water partition coefficient (Wildman–Crippen LogP) is 3.96. The van der Waals surface area contributed by atoms with E-state index in [1.807, 2.05) is 30.3 Å². The maximum absolute atomic E-state index is 13.1. The molecule has 1 N–H and O–H groups in total. The van der Waals surface area contributed by atoms with E-state index in [1.54, 1.807) is 0 Å². The number of fused-ring (bicyclic) bond motifs is 1. The standard InChI is InChI=1S/C18H15F2NO2/c19-15-7-5-12(9-16(15)20)6-8-18(22)21-11-14-10-13-3-1-2-4-17(13)23-14/h1-5,7,9-10H,6,8,11H2,(H,21,22). The van der Waals surface area contributed by atoms with Crippen molar-refractivity contribution in [2.24, 2.45) is 0 Å². The largest absolute Gasteiger partial charge is 0.459 e. The summed E-state index contributed by atoms with van der Waals surface area (Å²) >= 11 is 0. The highest BCUT2D eigenvalue weighted by Gasteiger charge is 2.08. The highest BCUT2D eigenvalue weighted by atomic mass is 19.2. The summed E-state index contributed by atoms with van der Waals surface area (Å²) in [5.74, 6) is -1.28. The lowest BCUT2D eigenvalue weighted by Gasteiger charge is -2.04. The highest BCUT2D eigenvalue weighted by molar-refractivity contribution is 5.78. The molecule has 118 valence electrons. The lowest BCUT2D eigenvalue weighted by atomic mass is 10.1. The molecular weight excluding hydrogens is 300 g/mol. The molecule has 0 saturated heterocycles. The van der Waals surface area contributed by atoms with E-state index in [0.29, 0.717) is 24.3 Å². The lowest BCUT2D eigenvalue weighted by Crippen LogP contribution is -2.22. The zero-order chi connectivity index (χ0) is 16.2. The third-order valence-electron chi connectivity index (χ3n) is 3.56. The van der Waals surface area contributed by atoms with E-state index in [1.165, 1.54) is 6.07 Å². The Balaban J connectivity index is 1.52. The molecule has 0 saturated carbocycles. The number of para-hydroxylation sites is 1. The van der Waals surface area contributed by atoms with E-state index in [0.717, 1.165) is 23.1 Å². The summed E-state index contributed by atoms with van der Waals surface area (Å²) in [7, 11) is 0. The van der Waals surface area contributed by atoms with Gasteiger partial charge in [-0.2, -0.15) is 0 Å².